The molecule has 1 aliphatic carbocycles. The van der Waals surface area contributed by atoms with Crippen molar-refractivity contribution in [1.82, 2.24) is 16.0 Å². The van der Waals surface area contributed by atoms with Crippen molar-refractivity contribution < 1.29 is 14.4 Å². The number of carbonyl (C=O) groups excluding carboxylic acids is 3. The molecule has 0 aliphatic heterocycles. The lowest BCUT2D eigenvalue weighted by atomic mass is 9.98. The van der Waals surface area contributed by atoms with Gasteiger partial charge in [-0.15, -0.1) is 0 Å². The third-order valence-corrected chi connectivity index (χ3v) is 4.49. The molecule has 0 spiro atoms. The van der Waals surface area contributed by atoms with Gasteiger partial charge in [0.1, 0.15) is 6.04 Å². The number of carbonyl (C=O) groups is 3. The molecule has 2 unspecified atom stereocenters. The summed E-state index contributed by atoms with van der Waals surface area (Å²) in [6, 6.07) is 8.25. The molecule has 0 aromatic heterocycles. The third-order valence-electron chi connectivity index (χ3n) is 4.49. The van der Waals surface area contributed by atoms with E-state index in [1.165, 1.54) is 0 Å². The molecule has 3 N–H and O–H groups in total. The van der Waals surface area contributed by atoms with E-state index in [4.69, 9.17) is 0 Å². The number of nitrogens with one attached hydrogen (secondary N) is 3. The van der Waals surface area contributed by atoms with E-state index in [-0.39, 0.29) is 29.6 Å². The van der Waals surface area contributed by atoms with E-state index in [1.807, 2.05) is 19.9 Å². The highest BCUT2D eigenvalue weighted by atomic mass is 16.2. The lowest BCUT2D eigenvalue weighted by Crippen LogP contribution is -2.51. The molecule has 3 amide bonds. The Bertz CT molecular complexity index is 599. The summed E-state index contributed by atoms with van der Waals surface area (Å²) in [5, 5.41) is 8.43. The molecule has 1 aliphatic rings. The molecular weight excluding hydrogens is 318 g/mol. The Hall–Kier alpha value is -2.37. The maximum Gasteiger partial charge on any atom is 0.251 e. The van der Waals surface area contributed by atoms with Crippen LogP contribution in [0.2, 0.25) is 0 Å². The first-order chi connectivity index (χ1) is 12.0. The molecule has 6 heteroatoms. The van der Waals surface area contributed by atoms with Crippen molar-refractivity contribution in [3.05, 3.63) is 35.9 Å². The van der Waals surface area contributed by atoms with E-state index in [0.717, 1.165) is 19.3 Å². The van der Waals surface area contributed by atoms with Crippen LogP contribution in [0.5, 0.6) is 0 Å². The lowest BCUT2D eigenvalue weighted by molar-refractivity contribution is -0.125. The minimum atomic E-state index is -0.600. The molecule has 0 bridgehead atoms. The fraction of sp³-hybridized carbons (Fsp3) is 0.526. The molecule has 1 fully saturated rings. The van der Waals surface area contributed by atoms with Crippen LogP contribution in [0.3, 0.4) is 0 Å². The van der Waals surface area contributed by atoms with Gasteiger partial charge in [0, 0.05) is 24.6 Å². The van der Waals surface area contributed by atoms with Gasteiger partial charge in [-0.05, 0) is 30.9 Å². The fourth-order valence-corrected chi connectivity index (χ4v) is 2.49. The first-order valence-electron chi connectivity index (χ1n) is 8.94. The van der Waals surface area contributed by atoms with Gasteiger partial charge in [0.05, 0.1) is 0 Å². The van der Waals surface area contributed by atoms with Gasteiger partial charge < -0.3 is 16.0 Å². The molecule has 0 radical (unpaired) electrons. The Balaban J connectivity index is 1.83. The molecule has 1 saturated carbocycles. The second-order valence-electron chi connectivity index (χ2n) is 6.56. The topological polar surface area (TPSA) is 87.3 Å². The average Bonchev–Trinajstić information content (AvgIpc) is 3.48. The van der Waals surface area contributed by atoms with Crippen molar-refractivity contribution in [1.29, 1.82) is 0 Å². The largest absolute Gasteiger partial charge is 0.354 e. The first-order valence-corrected chi connectivity index (χ1v) is 8.94. The highest BCUT2D eigenvalue weighted by molar-refractivity contribution is 5.97. The Labute approximate surface area is 148 Å². The van der Waals surface area contributed by atoms with Gasteiger partial charge in [0.15, 0.2) is 0 Å². The van der Waals surface area contributed by atoms with Crippen molar-refractivity contribution in [3.63, 3.8) is 0 Å². The summed E-state index contributed by atoms with van der Waals surface area (Å²) in [6.45, 7) is 4.67. The van der Waals surface area contributed by atoms with Crippen LogP contribution < -0.4 is 16.0 Å². The molecular formula is C19H27N3O3. The first kappa shape index (κ1) is 19.0. The number of benzene rings is 1. The van der Waals surface area contributed by atoms with Crippen LogP contribution in [-0.4, -0.2) is 36.9 Å². The molecule has 1 aromatic rings. The van der Waals surface area contributed by atoms with Crippen molar-refractivity contribution in [2.24, 2.45) is 11.8 Å². The highest BCUT2D eigenvalue weighted by Crippen LogP contribution is 2.28. The van der Waals surface area contributed by atoms with Crippen molar-refractivity contribution in [2.45, 2.75) is 39.2 Å². The smallest absolute Gasteiger partial charge is 0.251 e. The van der Waals surface area contributed by atoms with E-state index < -0.39 is 6.04 Å². The van der Waals surface area contributed by atoms with E-state index >= 15 is 0 Å². The molecule has 6 nitrogen and oxygen atoms in total. The number of rotatable bonds is 9. The quantitative estimate of drug-likeness (QED) is 0.592. The monoisotopic (exact) mass is 345 g/mol. The molecule has 2 rings (SSSR count). The summed E-state index contributed by atoms with van der Waals surface area (Å²) < 4.78 is 0. The van der Waals surface area contributed by atoms with E-state index in [9.17, 15) is 14.4 Å². The Morgan fingerprint density at radius 1 is 1.08 bits per heavy atom. The third kappa shape index (κ3) is 5.89. The standard InChI is InChI=1S/C19H27N3O3/c1-3-13(2)16(22-18(24)14-7-5-4-6-8-14)19(25)21-12-11-20-17(23)15-9-10-15/h4-8,13,15-16H,3,9-12H2,1-2H3,(H,20,23)(H,21,25)(H,22,24). The predicted octanol–water partition coefficient (Wildman–Crippen LogP) is 1.47. The minimum absolute atomic E-state index is 0.00807. The molecule has 25 heavy (non-hydrogen) atoms. The number of hydrogen-bond donors (Lipinski definition) is 3. The SMILES string of the molecule is CCC(C)C(NC(=O)c1ccccc1)C(=O)NCCNC(=O)C1CC1. The second kappa shape index (κ2) is 9.20. The molecule has 0 heterocycles. The molecule has 1 aromatic carbocycles. The van der Waals surface area contributed by atoms with Crippen LogP contribution in [-0.2, 0) is 9.59 Å². The Morgan fingerprint density at radius 2 is 1.72 bits per heavy atom. The normalized spacial score (nSPS) is 15.8. The summed E-state index contributed by atoms with van der Waals surface area (Å²) in [4.78, 5) is 36.4. The van der Waals surface area contributed by atoms with Crippen LogP contribution in [0.4, 0.5) is 0 Å². The summed E-state index contributed by atoms with van der Waals surface area (Å²) in [5.41, 5.74) is 0.528. The van der Waals surface area contributed by atoms with Crippen LogP contribution in [0, 0.1) is 11.8 Å². The summed E-state index contributed by atoms with van der Waals surface area (Å²) in [6.07, 6.45) is 2.69. The average molecular weight is 345 g/mol. The zero-order chi connectivity index (χ0) is 18.2. The minimum Gasteiger partial charge on any atom is -0.354 e. The highest BCUT2D eigenvalue weighted by Gasteiger charge is 2.29. The summed E-state index contributed by atoms with van der Waals surface area (Å²) in [5.74, 6) is -0.255. The summed E-state index contributed by atoms with van der Waals surface area (Å²) in [7, 11) is 0. The van der Waals surface area contributed by atoms with Gasteiger partial charge in [-0.3, -0.25) is 14.4 Å². The predicted molar refractivity (Wildman–Crippen MR) is 95.9 cm³/mol. The van der Waals surface area contributed by atoms with Crippen molar-refractivity contribution in [3.8, 4) is 0 Å². The van der Waals surface area contributed by atoms with Crippen LogP contribution >= 0.6 is 0 Å². The van der Waals surface area contributed by atoms with Gasteiger partial charge in [0.2, 0.25) is 11.8 Å². The Kier molecular flexibility index (Phi) is 6.98. The zero-order valence-corrected chi connectivity index (χ0v) is 14.9. The number of hydrogen-bond acceptors (Lipinski definition) is 3. The molecule has 2 atom stereocenters. The molecule has 0 saturated heterocycles. The van der Waals surface area contributed by atoms with Gasteiger partial charge in [0.25, 0.3) is 5.91 Å². The van der Waals surface area contributed by atoms with E-state index in [2.05, 4.69) is 16.0 Å². The maximum atomic E-state index is 12.5. The van der Waals surface area contributed by atoms with Gasteiger partial charge >= 0.3 is 0 Å². The zero-order valence-electron chi connectivity index (χ0n) is 14.9. The molecule has 136 valence electrons. The Morgan fingerprint density at radius 3 is 2.32 bits per heavy atom. The van der Waals surface area contributed by atoms with Gasteiger partial charge in [-0.2, -0.15) is 0 Å². The summed E-state index contributed by atoms with van der Waals surface area (Å²) >= 11 is 0. The van der Waals surface area contributed by atoms with Gasteiger partial charge in [-0.25, -0.2) is 0 Å². The van der Waals surface area contributed by atoms with E-state index in [0.29, 0.717) is 18.7 Å². The fourth-order valence-electron chi connectivity index (χ4n) is 2.49. The van der Waals surface area contributed by atoms with Crippen LogP contribution in [0.15, 0.2) is 30.3 Å². The van der Waals surface area contributed by atoms with Crippen molar-refractivity contribution >= 4 is 17.7 Å². The lowest BCUT2D eigenvalue weighted by Gasteiger charge is -2.23. The van der Waals surface area contributed by atoms with Crippen molar-refractivity contribution in [2.75, 3.05) is 13.1 Å². The van der Waals surface area contributed by atoms with Crippen LogP contribution in [0.25, 0.3) is 0 Å². The maximum absolute atomic E-state index is 12.5. The van der Waals surface area contributed by atoms with Gasteiger partial charge in [-0.1, -0.05) is 38.5 Å². The van der Waals surface area contributed by atoms with E-state index in [1.54, 1.807) is 24.3 Å². The number of amides is 3. The second-order valence-corrected chi connectivity index (χ2v) is 6.56. The van der Waals surface area contributed by atoms with Crippen LogP contribution in [0.1, 0.15) is 43.5 Å².